The van der Waals surface area contributed by atoms with Crippen LogP contribution >= 0.6 is 0 Å². The monoisotopic (exact) mass is 521 g/mol. The van der Waals surface area contributed by atoms with E-state index in [1.807, 2.05) is 4.90 Å². The van der Waals surface area contributed by atoms with Crippen LogP contribution in [0, 0.1) is 25.2 Å². The van der Waals surface area contributed by atoms with E-state index in [0.29, 0.717) is 36.4 Å². The van der Waals surface area contributed by atoms with Crippen LogP contribution in [0.1, 0.15) is 34.0 Å². The van der Waals surface area contributed by atoms with Gasteiger partial charge >= 0.3 is 5.97 Å². The number of rotatable bonds is 5. The number of ether oxygens (including phenoxy) is 1. The number of aromatic nitrogens is 2. The predicted octanol–water partition coefficient (Wildman–Crippen LogP) is 3.88. The first-order valence-corrected chi connectivity index (χ1v) is 12.9. The molecule has 39 heavy (non-hydrogen) atoms. The van der Waals surface area contributed by atoms with Gasteiger partial charge in [0.1, 0.15) is 23.3 Å². The highest BCUT2D eigenvalue weighted by Gasteiger charge is 2.39. The molecule has 8 heteroatoms. The van der Waals surface area contributed by atoms with Gasteiger partial charge < -0.3 is 14.2 Å². The van der Waals surface area contributed by atoms with Crippen LogP contribution in [-0.2, 0) is 16.6 Å². The summed E-state index contributed by atoms with van der Waals surface area (Å²) in [5, 5.41) is 9.45. The summed E-state index contributed by atoms with van der Waals surface area (Å²) in [7, 11) is 3.09. The number of carbonyl (C=O) groups is 1. The van der Waals surface area contributed by atoms with Crippen LogP contribution in [0.3, 0.4) is 0 Å². The van der Waals surface area contributed by atoms with Crippen molar-refractivity contribution in [3.05, 3.63) is 105 Å². The van der Waals surface area contributed by atoms with E-state index in [1.165, 1.54) is 17.7 Å². The fourth-order valence-electron chi connectivity index (χ4n) is 5.36. The van der Waals surface area contributed by atoms with E-state index in [-0.39, 0.29) is 23.3 Å². The van der Waals surface area contributed by atoms with Crippen LogP contribution in [-0.4, -0.2) is 53.2 Å². The van der Waals surface area contributed by atoms with E-state index in [1.54, 1.807) is 19.2 Å². The third kappa shape index (κ3) is 5.01. The van der Waals surface area contributed by atoms with Crippen LogP contribution in [0.2, 0.25) is 0 Å². The molecular formula is C31H31N5O3. The molecule has 8 nitrogen and oxygen atoms in total. The Morgan fingerprint density at radius 1 is 1.00 bits per heavy atom. The molecule has 1 aliphatic heterocycles. The maximum atomic E-state index is 13.3. The second-order valence-corrected chi connectivity index (χ2v) is 10.0. The van der Waals surface area contributed by atoms with Gasteiger partial charge in [0.15, 0.2) is 0 Å². The Hall–Kier alpha value is -4.48. The van der Waals surface area contributed by atoms with Gasteiger partial charge in [0.25, 0.3) is 5.56 Å². The average Bonchev–Trinajstić information content (AvgIpc) is 2.96. The maximum Gasteiger partial charge on any atom is 0.324 e. The van der Waals surface area contributed by atoms with E-state index in [4.69, 9.17) is 4.74 Å². The Bertz CT molecular complexity index is 1570. The molecule has 198 valence electrons. The minimum Gasteiger partial charge on any atom is -0.468 e. The largest absolute Gasteiger partial charge is 0.468 e. The number of hydrogen-bond acceptors (Lipinski definition) is 7. The van der Waals surface area contributed by atoms with Crippen molar-refractivity contribution < 1.29 is 9.53 Å². The number of anilines is 1. The Labute approximate surface area is 227 Å². The van der Waals surface area contributed by atoms with Crippen LogP contribution in [0.25, 0.3) is 11.0 Å². The molecule has 0 aliphatic carbocycles. The molecule has 1 fully saturated rings. The number of carbonyl (C=O) groups excluding carboxylic acids is 1. The number of nitriles is 1. The lowest BCUT2D eigenvalue weighted by Crippen LogP contribution is -2.58. The van der Waals surface area contributed by atoms with Crippen LogP contribution in [0.4, 0.5) is 5.69 Å². The maximum absolute atomic E-state index is 13.3. The summed E-state index contributed by atoms with van der Waals surface area (Å²) in [6.45, 7) is 5.52. The van der Waals surface area contributed by atoms with Gasteiger partial charge in [0, 0.05) is 32.7 Å². The fraction of sp³-hybridized carbons (Fsp3) is 0.290. The number of benzene rings is 2. The molecule has 0 spiro atoms. The van der Waals surface area contributed by atoms with Gasteiger partial charge in [-0.3, -0.25) is 14.5 Å². The standard InChI is InChI=1S/C31H31N5O3/c1-20-5-9-22(10-6-20)30(23-11-7-21(2)8-12-23)36-16-15-35(19-27(36)31(38)39-4)26-17-28(37)34(3)25-14-13-24(18-32)33-29(25)26/h5-14,17,27,30H,15-16,19H2,1-4H3. The number of aryl methyl sites for hydroxylation is 3. The summed E-state index contributed by atoms with van der Waals surface area (Å²) in [5.74, 6) is -0.345. The molecule has 0 radical (unpaired) electrons. The zero-order valence-electron chi connectivity index (χ0n) is 22.6. The third-order valence-corrected chi connectivity index (χ3v) is 7.54. The first-order valence-electron chi connectivity index (χ1n) is 12.9. The van der Waals surface area contributed by atoms with Crippen molar-refractivity contribution >= 4 is 22.7 Å². The SMILES string of the molecule is COC(=O)C1CN(c2cc(=O)n(C)c3ccc(C#N)nc23)CCN1C(c1ccc(C)cc1)c1ccc(C)cc1. The van der Waals surface area contributed by atoms with E-state index >= 15 is 0 Å². The van der Waals surface area contributed by atoms with Crippen molar-refractivity contribution in [3.8, 4) is 6.07 Å². The molecule has 4 aromatic rings. The lowest BCUT2D eigenvalue weighted by molar-refractivity contribution is -0.148. The first-order chi connectivity index (χ1) is 18.8. The van der Waals surface area contributed by atoms with Crippen LogP contribution < -0.4 is 10.5 Å². The zero-order chi connectivity index (χ0) is 27.7. The second kappa shape index (κ2) is 10.7. The summed E-state index contributed by atoms with van der Waals surface area (Å²) < 4.78 is 6.82. The molecule has 1 aliphatic rings. The quantitative estimate of drug-likeness (QED) is 0.368. The number of fused-ring (bicyclic) bond motifs is 1. The molecule has 2 aromatic heterocycles. The highest BCUT2D eigenvalue weighted by Crippen LogP contribution is 2.35. The van der Waals surface area contributed by atoms with E-state index in [0.717, 1.165) is 22.3 Å². The number of pyridine rings is 2. The lowest BCUT2D eigenvalue weighted by Gasteiger charge is -2.45. The van der Waals surface area contributed by atoms with Crippen molar-refractivity contribution in [2.75, 3.05) is 31.6 Å². The summed E-state index contributed by atoms with van der Waals surface area (Å²) in [6, 6.07) is 23.0. The normalized spacial score (nSPS) is 15.9. The van der Waals surface area contributed by atoms with Crippen molar-refractivity contribution in [2.45, 2.75) is 25.9 Å². The average molecular weight is 522 g/mol. The summed E-state index contributed by atoms with van der Waals surface area (Å²) in [6.07, 6.45) is 0. The van der Waals surface area contributed by atoms with Crippen molar-refractivity contribution in [1.29, 1.82) is 5.26 Å². The Morgan fingerprint density at radius 2 is 1.62 bits per heavy atom. The highest BCUT2D eigenvalue weighted by atomic mass is 16.5. The molecule has 1 unspecified atom stereocenters. The van der Waals surface area contributed by atoms with Gasteiger partial charge in [-0.05, 0) is 37.1 Å². The topological polar surface area (TPSA) is 91.5 Å². The van der Waals surface area contributed by atoms with Gasteiger partial charge in [-0.25, -0.2) is 4.98 Å². The minimum atomic E-state index is -0.602. The Morgan fingerprint density at radius 3 is 2.18 bits per heavy atom. The molecule has 0 saturated carbocycles. The summed E-state index contributed by atoms with van der Waals surface area (Å²) in [4.78, 5) is 34.9. The Kier molecular flexibility index (Phi) is 7.18. The zero-order valence-corrected chi connectivity index (χ0v) is 22.6. The number of esters is 1. The molecule has 3 heterocycles. The van der Waals surface area contributed by atoms with Crippen molar-refractivity contribution in [1.82, 2.24) is 14.5 Å². The van der Waals surface area contributed by atoms with Crippen LogP contribution in [0.15, 0.2) is 71.5 Å². The summed E-state index contributed by atoms with van der Waals surface area (Å²) in [5.41, 5.74) is 6.39. The van der Waals surface area contributed by atoms with E-state index in [2.05, 4.69) is 78.3 Å². The Balaban J connectivity index is 1.59. The molecule has 5 rings (SSSR count). The predicted molar refractivity (Wildman–Crippen MR) is 151 cm³/mol. The van der Waals surface area contributed by atoms with Crippen molar-refractivity contribution in [2.24, 2.45) is 7.05 Å². The highest BCUT2D eigenvalue weighted by molar-refractivity contribution is 5.89. The van der Waals surface area contributed by atoms with Gasteiger partial charge in [-0.1, -0.05) is 59.7 Å². The van der Waals surface area contributed by atoms with Gasteiger partial charge in [-0.15, -0.1) is 0 Å². The first kappa shape index (κ1) is 26.1. The number of methoxy groups -OCH3 is 1. The molecule has 0 N–H and O–H groups in total. The van der Waals surface area contributed by atoms with Crippen molar-refractivity contribution in [3.63, 3.8) is 0 Å². The molecular weight excluding hydrogens is 490 g/mol. The molecule has 1 saturated heterocycles. The van der Waals surface area contributed by atoms with Gasteiger partial charge in [-0.2, -0.15) is 5.26 Å². The molecule has 1 atom stereocenters. The molecule has 0 bridgehead atoms. The number of piperazine rings is 1. The van der Waals surface area contributed by atoms with E-state index in [9.17, 15) is 14.9 Å². The molecule has 0 amide bonds. The summed E-state index contributed by atoms with van der Waals surface area (Å²) >= 11 is 0. The smallest absolute Gasteiger partial charge is 0.324 e. The lowest BCUT2D eigenvalue weighted by atomic mass is 9.93. The van der Waals surface area contributed by atoms with Crippen LogP contribution in [0.5, 0.6) is 0 Å². The van der Waals surface area contributed by atoms with Gasteiger partial charge in [0.05, 0.1) is 24.4 Å². The number of hydrogen-bond donors (Lipinski definition) is 0. The van der Waals surface area contributed by atoms with E-state index < -0.39 is 6.04 Å². The van der Waals surface area contributed by atoms with Gasteiger partial charge in [0.2, 0.25) is 0 Å². The third-order valence-electron chi connectivity index (χ3n) is 7.54. The number of nitrogens with zero attached hydrogens (tertiary/aromatic N) is 5. The minimum absolute atomic E-state index is 0.166. The fourth-order valence-corrected chi connectivity index (χ4v) is 5.36. The molecule has 2 aromatic carbocycles. The second-order valence-electron chi connectivity index (χ2n) is 10.0.